The molecule has 7 nitrogen and oxygen atoms in total. The van der Waals surface area contributed by atoms with E-state index < -0.39 is 12.0 Å². The van der Waals surface area contributed by atoms with Gasteiger partial charge in [-0.05, 0) is 34.4 Å². The number of fused-ring (bicyclic) bond motifs is 3. The van der Waals surface area contributed by atoms with Crippen LogP contribution in [-0.4, -0.2) is 62.1 Å². The van der Waals surface area contributed by atoms with Gasteiger partial charge in [-0.15, -0.1) is 0 Å². The van der Waals surface area contributed by atoms with Gasteiger partial charge in [0.05, 0.1) is 19.8 Å². The third kappa shape index (κ3) is 3.66. The summed E-state index contributed by atoms with van der Waals surface area (Å²) < 4.78 is 10.1. The Morgan fingerprint density at radius 3 is 2.50 bits per heavy atom. The fraction of sp³-hybridized carbons (Fsp3) is 0.400. The quantitative estimate of drug-likeness (QED) is 0.728. The molecular formula is C25H28N2O5. The number of ether oxygens (including phenoxy) is 2. The second kappa shape index (κ2) is 8.39. The first kappa shape index (κ1) is 22.0. The molecule has 0 spiro atoms. The van der Waals surface area contributed by atoms with Crippen LogP contribution in [0.2, 0.25) is 0 Å². The molecule has 1 N–H and O–H groups in total. The maximum Gasteiger partial charge on any atom is 0.328 e. The molecule has 1 saturated heterocycles. The van der Waals surface area contributed by atoms with E-state index in [1.807, 2.05) is 24.3 Å². The smallest absolute Gasteiger partial charge is 0.328 e. The molecule has 168 valence electrons. The van der Waals surface area contributed by atoms with Crippen LogP contribution in [0.25, 0.3) is 11.1 Å². The van der Waals surface area contributed by atoms with E-state index in [0.29, 0.717) is 12.0 Å². The number of rotatable bonds is 5. The SMILES string of the molecule is COC(=O)[C@@H]1C[C@@H](OC)CN1C(=O)CNC(=O)c1ccc2c(c1)-c1ccccc1C2(C)C. The van der Waals surface area contributed by atoms with Gasteiger partial charge in [-0.25, -0.2) is 4.79 Å². The molecule has 0 saturated carbocycles. The zero-order valence-corrected chi connectivity index (χ0v) is 18.8. The van der Waals surface area contributed by atoms with Crippen LogP contribution in [0.5, 0.6) is 0 Å². The van der Waals surface area contributed by atoms with Crippen molar-refractivity contribution in [2.75, 3.05) is 27.3 Å². The van der Waals surface area contributed by atoms with Crippen molar-refractivity contribution < 1.29 is 23.9 Å². The summed E-state index contributed by atoms with van der Waals surface area (Å²) in [6.45, 7) is 4.44. The molecule has 0 bridgehead atoms. The molecule has 2 aliphatic rings. The molecule has 2 aromatic carbocycles. The number of esters is 1. The predicted octanol–water partition coefficient (Wildman–Crippen LogP) is 2.51. The third-order valence-corrected chi connectivity index (χ3v) is 6.64. The molecule has 2 aromatic rings. The molecule has 2 atom stereocenters. The molecule has 0 unspecified atom stereocenters. The molecule has 7 heteroatoms. The number of nitrogens with one attached hydrogen (secondary N) is 1. The predicted molar refractivity (Wildman–Crippen MR) is 119 cm³/mol. The lowest BCUT2D eigenvalue weighted by molar-refractivity contribution is -0.150. The number of likely N-dealkylation sites (tertiary alicyclic amines) is 1. The number of benzene rings is 2. The van der Waals surface area contributed by atoms with E-state index >= 15 is 0 Å². The molecule has 1 heterocycles. The fourth-order valence-corrected chi connectivity index (χ4v) is 4.82. The lowest BCUT2D eigenvalue weighted by Crippen LogP contribution is -2.46. The maximum absolute atomic E-state index is 12.8. The normalized spacial score (nSPS) is 20.4. The van der Waals surface area contributed by atoms with Crippen LogP contribution in [0.1, 0.15) is 41.8 Å². The Kier molecular flexibility index (Phi) is 5.77. The van der Waals surface area contributed by atoms with Crippen LogP contribution < -0.4 is 5.32 Å². The first-order valence-corrected chi connectivity index (χ1v) is 10.7. The van der Waals surface area contributed by atoms with Gasteiger partial charge in [-0.1, -0.05) is 44.2 Å². The average Bonchev–Trinajstić information content (AvgIpc) is 3.34. The summed E-state index contributed by atoms with van der Waals surface area (Å²) in [7, 11) is 2.84. The first-order valence-electron chi connectivity index (χ1n) is 10.7. The van der Waals surface area contributed by atoms with E-state index in [1.54, 1.807) is 13.2 Å². The number of methoxy groups -OCH3 is 2. The highest BCUT2D eigenvalue weighted by Gasteiger charge is 2.40. The van der Waals surface area contributed by atoms with E-state index in [-0.39, 0.29) is 36.4 Å². The van der Waals surface area contributed by atoms with Crippen LogP contribution in [0.4, 0.5) is 0 Å². The van der Waals surface area contributed by atoms with Gasteiger partial charge in [0, 0.05) is 31.1 Å². The Morgan fingerprint density at radius 2 is 1.78 bits per heavy atom. The topological polar surface area (TPSA) is 84.9 Å². The van der Waals surface area contributed by atoms with Crippen LogP contribution in [-0.2, 0) is 24.5 Å². The number of amides is 2. The molecule has 0 radical (unpaired) electrons. The molecule has 2 amide bonds. The Hall–Kier alpha value is -3.19. The summed E-state index contributed by atoms with van der Waals surface area (Å²) in [5.41, 5.74) is 4.94. The Labute approximate surface area is 187 Å². The molecular weight excluding hydrogens is 408 g/mol. The standard InChI is InChI=1S/C25H28N2O5/c1-25(2)19-8-6-5-7-17(19)18-11-15(9-10-20(18)25)23(29)26-13-22(28)27-14-16(31-3)12-21(27)24(30)32-4/h5-11,16,21H,12-14H2,1-4H3,(H,26,29)/t16-,21+/m1/s1. The Balaban J connectivity index is 1.48. The molecule has 0 aromatic heterocycles. The number of hydrogen-bond acceptors (Lipinski definition) is 5. The Morgan fingerprint density at radius 1 is 1.06 bits per heavy atom. The van der Waals surface area contributed by atoms with Crippen molar-refractivity contribution in [2.24, 2.45) is 0 Å². The van der Waals surface area contributed by atoms with Gasteiger partial charge >= 0.3 is 5.97 Å². The van der Waals surface area contributed by atoms with Crippen molar-refractivity contribution in [1.82, 2.24) is 10.2 Å². The van der Waals surface area contributed by atoms with Gasteiger partial charge in [0.25, 0.3) is 5.91 Å². The van der Waals surface area contributed by atoms with Crippen LogP contribution in [0, 0.1) is 0 Å². The lowest BCUT2D eigenvalue weighted by Gasteiger charge is -2.22. The number of hydrogen-bond donors (Lipinski definition) is 1. The zero-order chi connectivity index (χ0) is 23.0. The van der Waals surface area contributed by atoms with Crippen molar-refractivity contribution in [3.05, 3.63) is 59.2 Å². The monoisotopic (exact) mass is 436 g/mol. The maximum atomic E-state index is 12.8. The summed E-state index contributed by atoms with van der Waals surface area (Å²) in [6.07, 6.45) is 0.141. The number of carbonyl (C=O) groups excluding carboxylic acids is 3. The lowest BCUT2D eigenvalue weighted by atomic mass is 9.82. The highest BCUT2D eigenvalue weighted by Crippen LogP contribution is 2.48. The largest absolute Gasteiger partial charge is 0.467 e. The second-order valence-corrected chi connectivity index (χ2v) is 8.79. The van der Waals surface area contributed by atoms with E-state index in [0.717, 1.165) is 11.1 Å². The van der Waals surface area contributed by atoms with E-state index in [1.165, 1.54) is 23.1 Å². The van der Waals surface area contributed by atoms with Crippen LogP contribution in [0.15, 0.2) is 42.5 Å². The van der Waals surface area contributed by atoms with Gasteiger partial charge in [-0.3, -0.25) is 9.59 Å². The van der Waals surface area contributed by atoms with Crippen molar-refractivity contribution in [2.45, 2.75) is 37.8 Å². The van der Waals surface area contributed by atoms with Crippen molar-refractivity contribution in [3.63, 3.8) is 0 Å². The summed E-state index contributed by atoms with van der Waals surface area (Å²) in [5.74, 6) is -1.16. The van der Waals surface area contributed by atoms with Crippen LogP contribution >= 0.6 is 0 Å². The molecule has 1 aliphatic heterocycles. The Bertz CT molecular complexity index is 1080. The number of carbonyl (C=O) groups is 3. The zero-order valence-electron chi connectivity index (χ0n) is 18.8. The van der Waals surface area contributed by atoms with Gasteiger partial charge in [-0.2, -0.15) is 0 Å². The van der Waals surface area contributed by atoms with Crippen molar-refractivity contribution >= 4 is 17.8 Å². The first-order chi connectivity index (χ1) is 15.3. The second-order valence-electron chi connectivity index (χ2n) is 8.79. The summed E-state index contributed by atoms with van der Waals surface area (Å²) in [4.78, 5) is 39.1. The fourth-order valence-electron chi connectivity index (χ4n) is 4.82. The van der Waals surface area contributed by atoms with Gasteiger partial charge < -0.3 is 19.7 Å². The molecule has 32 heavy (non-hydrogen) atoms. The third-order valence-electron chi connectivity index (χ3n) is 6.64. The summed E-state index contributed by atoms with van der Waals surface area (Å²) in [6, 6.07) is 13.2. The summed E-state index contributed by atoms with van der Waals surface area (Å²) in [5, 5.41) is 2.70. The van der Waals surface area contributed by atoms with Gasteiger partial charge in [0.15, 0.2) is 0 Å². The number of nitrogens with zero attached hydrogens (tertiary/aromatic N) is 1. The van der Waals surface area contributed by atoms with Gasteiger partial charge in [0.1, 0.15) is 6.04 Å². The van der Waals surface area contributed by atoms with E-state index in [9.17, 15) is 14.4 Å². The average molecular weight is 437 g/mol. The molecule has 1 fully saturated rings. The van der Waals surface area contributed by atoms with Crippen LogP contribution in [0.3, 0.4) is 0 Å². The van der Waals surface area contributed by atoms with E-state index in [4.69, 9.17) is 9.47 Å². The van der Waals surface area contributed by atoms with Gasteiger partial charge in [0.2, 0.25) is 5.91 Å². The highest BCUT2D eigenvalue weighted by molar-refractivity contribution is 5.99. The molecule has 4 rings (SSSR count). The van der Waals surface area contributed by atoms with E-state index in [2.05, 4.69) is 31.3 Å². The minimum atomic E-state index is -0.701. The highest BCUT2D eigenvalue weighted by atomic mass is 16.5. The van der Waals surface area contributed by atoms with Crippen molar-refractivity contribution in [3.8, 4) is 11.1 Å². The minimum Gasteiger partial charge on any atom is -0.467 e. The van der Waals surface area contributed by atoms with Crippen molar-refractivity contribution in [1.29, 1.82) is 0 Å². The summed E-state index contributed by atoms with van der Waals surface area (Å²) >= 11 is 0. The molecule has 1 aliphatic carbocycles. The minimum absolute atomic E-state index is 0.132.